The summed E-state index contributed by atoms with van der Waals surface area (Å²) in [6.07, 6.45) is 1.78. The zero-order chi connectivity index (χ0) is 22.5. The van der Waals surface area contributed by atoms with Crippen LogP contribution in [-0.2, 0) is 11.3 Å². The number of carbonyl (C=O) groups is 2. The number of amides is 2. The number of nitrogens with one attached hydrogen (secondary N) is 1. The van der Waals surface area contributed by atoms with Gasteiger partial charge >= 0.3 is 0 Å². The van der Waals surface area contributed by atoms with Crippen molar-refractivity contribution >= 4 is 23.2 Å². The van der Waals surface area contributed by atoms with Crippen LogP contribution in [0.3, 0.4) is 0 Å². The first-order valence-electron chi connectivity index (χ1n) is 10.3. The number of aromatic nitrogens is 2. The predicted octanol–water partition coefficient (Wildman–Crippen LogP) is 4.83. The first-order valence-corrected chi connectivity index (χ1v) is 10.3. The minimum Gasteiger partial charge on any atom is -0.322 e. The van der Waals surface area contributed by atoms with E-state index in [1.807, 2.05) is 60.7 Å². The molecule has 3 aromatic carbocycles. The van der Waals surface area contributed by atoms with Gasteiger partial charge in [0.25, 0.3) is 5.91 Å². The molecule has 4 aromatic rings. The first-order chi connectivity index (χ1) is 15.5. The highest BCUT2D eigenvalue weighted by molar-refractivity contribution is 6.08. The maximum atomic E-state index is 13.2. The summed E-state index contributed by atoms with van der Waals surface area (Å²) in [5.74, 6) is -0.295. The second-order valence-electron chi connectivity index (χ2n) is 7.52. The molecule has 0 fully saturated rings. The van der Waals surface area contributed by atoms with Crippen LogP contribution in [0.2, 0.25) is 0 Å². The standard InChI is InChI=1S/C26H24N4O2/c1-19(31)29(2)23-15-13-22(14-16-23)27-26(32)24-18-30(17-20-9-5-3-6-10-20)28-25(24)21-11-7-4-8-12-21/h3-16,18H,17H2,1-2H3,(H,27,32). The van der Waals surface area contributed by atoms with E-state index in [0.717, 1.165) is 16.8 Å². The molecule has 0 saturated heterocycles. The molecule has 160 valence electrons. The van der Waals surface area contributed by atoms with Crippen LogP contribution in [0.1, 0.15) is 22.8 Å². The second-order valence-corrected chi connectivity index (χ2v) is 7.52. The Kier molecular flexibility index (Phi) is 6.12. The Morgan fingerprint density at radius 3 is 2.16 bits per heavy atom. The zero-order valence-electron chi connectivity index (χ0n) is 18.0. The Labute approximate surface area is 187 Å². The van der Waals surface area contributed by atoms with Crippen molar-refractivity contribution in [1.29, 1.82) is 0 Å². The van der Waals surface area contributed by atoms with E-state index >= 15 is 0 Å². The van der Waals surface area contributed by atoms with Crippen molar-refractivity contribution < 1.29 is 9.59 Å². The van der Waals surface area contributed by atoms with Gasteiger partial charge in [0.2, 0.25) is 5.91 Å². The van der Waals surface area contributed by atoms with Crippen molar-refractivity contribution in [3.05, 3.63) is 102 Å². The minimum atomic E-state index is -0.240. The summed E-state index contributed by atoms with van der Waals surface area (Å²) in [7, 11) is 1.71. The lowest BCUT2D eigenvalue weighted by molar-refractivity contribution is -0.116. The first kappa shape index (κ1) is 21.1. The monoisotopic (exact) mass is 424 g/mol. The van der Waals surface area contributed by atoms with E-state index in [0.29, 0.717) is 23.5 Å². The lowest BCUT2D eigenvalue weighted by Crippen LogP contribution is -2.22. The quantitative estimate of drug-likeness (QED) is 0.482. The van der Waals surface area contributed by atoms with Gasteiger partial charge < -0.3 is 10.2 Å². The average molecular weight is 425 g/mol. The summed E-state index contributed by atoms with van der Waals surface area (Å²) in [6.45, 7) is 2.08. The number of nitrogens with zero attached hydrogens (tertiary/aromatic N) is 3. The molecule has 32 heavy (non-hydrogen) atoms. The normalized spacial score (nSPS) is 10.6. The third-order valence-electron chi connectivity index (χ3n) is 5.23. The van der Waals surface area contributed by atoms with Crippen LogP contribution < -0.4 is 10.2 Å². The van der Waals surface area contributed by atoms with Gasteiger partial charge in [-0.2, -0.15) is 5.10 Å². The topological polar surface area (TPSA) is 67.2 Å². The second kappa shape index (κ2) is 9.31. The maximum absolute atomic E-state index is 13.2. The number of rotatable bonds is 6. The van der Waals surface area contributed by atoms with Crippen molar-refractivity contribution in [3.63, 3.8) is 0 Å². The number of hydrogen-bond acceptors (Lipinski definition) is 3. The van der Waals surface area contributed by atoms with Crippen LogP contribution >= 0.6 is 0 Å². The van der Waals surface area contributed by atoms with Gasteiger partial charge in [0.1, 0.15) is 5.69 Å². The van der Waals surface area contributed by atoms with Crippen LogP contribution in [-0.4, -0.2) is 28.6 Å². The number of benzene rings is 3. The third-order valence-corrected chi connectivity index (χ3v) is 5.23. The van der Waals surface area contributed by atoms with Gasteiger partial charge in [0.15, 0.2) is 0 Å². The molecule has 2 amide bonds. The summed E-state index contributed by atoms with van der Waals surface area (Å²) in [4.78, 5) is 26.3. The summed E-state index contributed by atoms with van der Waals surface area (Å²) < 4.78 is 1.79. The van der Waals surface area contributed by atoms with Gasteiger partial charge in [-0.25, -0.2) is 0 Å². The lowest BCUT2D eigenvalue weighted by atomic mass is 10.1. The van der Waals surface area contributed by atoms with E-state index in [4.69, 9.17) is 5.10 Å². The van der Waals surface area contributed by atoms with Crippen molar-refractivity contribution in [2.75, 3.05) is 17.3 Å². The van der Waals surface area contributed by atoms with Crippen molar-refractivity contribution in [2.45, 2.75) is 13.5 Å². The van der Waals surface area contributed by atoms with Crippen molar-refractivity contribution in [1.82, 2.24) is 9.78 Å². The molecule has 4 rings (SSSR count). The number of anilines is 2. The summed E-state index contributed by atoms with van der Waals surface area (Å²) >= 11 is 0. The molecule has 0 aliphatic rings. The molecule has 1 N–H and O–H groups in total. The van der Waals surface area contributed by atoms with Gasteiger partial charge in [-0.3, -0.25) is 14.3 Å². The average Bonchev–Trinajstić information content (AvgIpc) is 3.24. The van der Waals surface area contributed by atoms with Crippen LogP contribution in [0.25, 0.3) is 11.3 Å². The molecular formula is C26H24N4O2. The summed E-state index contributed by atoms with van der Waals surface area (Å²) in [6, 6.07) is 26.8. The van der Waals surface area contributed by atoms with E-state index in [9.17, 15) is 9.59 Å². The van der Waals surface area contributed by atoms with E-state index < -0.39 is 0 Å². The van der Waals surface area contributed by atoms with E-state index in [2.05, 4.69) is 5.32 Å². The van der Waals surface area contributed by atoms with Gasteiger partial charge in [0.05, 0.1) is 12.1 Å². The molecule has 0 radical (unpaired) electrons. The zero-order valence-corrected chi connectivity index (χ0v) is 18.0. The van der Waals surface area contributed by atoms with Crippen molar-refractivity contribution in [2.24, 2.45) is 0 Å². The SMILES string of the molecule is CC(=O)N(C)c1ccc(NC(=O)c2cn(Cc3ccccc3)nc2-c2ccccc2)cc1. The summed E-state index contributed by atoms with van der Waals surface area (Å²) in [5, 5.41) is 7.65. The molecule has 1 aromatic heterocycles. The molecular weight excluding hydrogens is 400 g/mol. The predicted molar refractivity (Wildman–Crippen MR) is 127 cm³/mol. The minimum absolute atomic E-state index is 0.0554. The third kappa shape index (κ3) is 4.75. The molecule has 6 heteroatoms. The van der Waals surface area contributed by atoms with Gasteiger partial charge in [-0.05, 0) is 29.8 Å². The van der Waals surface area contributed by atoms with Crippen LogP contribution in [0, 0.1) is 0 Å². The summed E-state index contributed by atoms with van der Waals surface area (Å²) in [5.41, 5.74) is 4.51. The molecule has 0 aliphatic carbocycles. The van der Waals surface area contributed by atoms with Gasteiger partial charge in [-0.1, -0.05) is 60.7 Å². The number of carbonyl (C=O) groups excluding carboxylic acids is 2. The molecule has 0 spiro atoms. The molecule has 6 nitrogen and oxygen atoms in total. The highest BCUT2D eigenvalue weighted by atomic mass is 16.2. The van der Waals surface area contributed by atoms with Crippen LogP contribution in [0.5, 0.6) is 0 Å². The van der Waals surface area contributed by atoms with Gasteiger partial charge in [-0.15, -0.1) is 0 Å². The molecule has 0 saturated carbocycles. The molecule has 1 heterocycles. The Morgan fingerprint density at radius 2 is 1.53 bits per heavy atom. The molecule has 0 unspecified atom stereocenters. The maximum Gasteiger partial charge on any atom is 0.259 e. The Hall–Kier alpha value is -4.19. The van der Waals surface area contributed by atoms with E-state index in [1.54, 1.807) is 47.1 Å². The van der Waals surface area contributed by atoms with Crippen LogP contribution in [0.4, 0.5) is 11.4 Å². The molecule has 0 atom stereocenters. The van der Waals surface area contributed by atoms with E-state index in [-0.39, 0.29) is 11.8 Å². The fourth-order valence-electron chi connectivity index (χ4n) is 3.40. The Morgan fingerprint density at radius 1 is 0.906 bits per heavy atom. The molecule has 0 bridgehead atoms. The fourth-order valence-corrected chi connectivity index (χ4v) is 3.40. The largest absolute Gasteiger partial charge is 0.322 e. The Balaban J connectivity index is 1.61. The Bertz CT molecular complexity index is 1220. The highest BCUT2D eigenvalue weighted by Gasteiger charge is 2.18. The number of hydrogen-bond donors (Lipinski definition) is 1. The lowest BCUT2D eigenvalue weighted by Gasteiger charge is -2.15. The van der Waals surface area contributed by atoms with Crippen LogP contribution in [0.15, 0.2) is 91.1 Å². The molecule has 0 aliphatic heterocycles. The smallest absolute Gasteiger partial charge is 0.259 e. The van der Waals surface area contributed by atoms with E-state index in [1.165, 1.54) is 6.92 Å². The highest BCUT2D eigenvalue weighted by Crippen LogP contribution is 2.24. The van der Waals surface area contributed by atoms with Crippen molar-refractivity contribution in [3.8, 4) is 11.3 Å². The fraction of sp³-hybridized carbons (Fsp3) is 0.115. The van der Waals surface area contributed by atoms with Gasteiger partial charge in [0, 0.05) is 37.1 Å².